The SMILES string of the molecule is CCOC(=O)C(C)NCCc1ncno1. The van der Waals surface area contributed by atoms with Gasteiger partial charge in [0.1, 0.15) is 6.04 Å². The number of hydrogen-bond donors (Lipinski definition) is 1. The molecule has 0 fully saturated rings. The summed E-state index contributed by atoms with van der Waals surface area (Å²) in [6, 6.07) is -0.312. The Hall–Kier alpha value is -1.43. The first-order valence-electron chi connectivity index (χ1n) is 4.89. The molecule has 1 unspecified atom stereocenters. The first-order valence-corrected chi connectivity index (χ1v) is 4.89. The van der Waals surface area contributed by atoms with E-state index in [-0.39, 0.29) is 12.0 Å². The minimum atomic E-state index is -0.312. The van der Waals surface area contributed by atoms with Gasteiger partial charge in [-0.15, -0.1) is 0 Å². The van der Waals surface area contributed by atoms with E-state index in [1.165, 1.54) is 6.33 Å². The van der Waals surface area contributed by atoms with E-state index >= 15 is 0 Å². The number of esters is 1. The fraction of sp³-hybridized carbons (Fsp3) is 0.667. The van der Waals surface area contributed by atoms with Crippen LogP contribution in [-0.4, -0.2) is 35.3 Å². The van der Waals surface area contributed by atoms with Crippen LogP contribution in [0.5, 0.6) is 0 Å². The first kappa shape index (κ1) is 11.6. The number of carbonyl (C=O) groups is 1. The average Bonchev–Trinajstić information content (AvgIpc) is 2.71. The van der Waals surface area contributed by atoms with Gasteiger partial charge < -0.3 is 14.6 Å². The molecule has 6 nitrogen and oxygen atoms in total. The number of carbonyl (C=O) groups excluding carboxylic acids is 1. The molecule has 15 heavy (non-hydrogen) atoms. The average molecular weight is 213 g/mol. The number of aromatic nitrogens is 2. The molecule has 0 spiro atoms. The van der Waals surface area contributed by atoms with Gasteiger partial charge in [0.15, 0.2) is 6.33 Å². The van der Waals surface area contributed by atoms with Gasteiger partial charge in [-0.05, 0) is 13.8 Å². The van der Waals surface area contributed by atoms with Crippen LogP contribution in [0.2, 0.25) is 0 Å². The molecule has 0 aliphatic rings. The second kappa shape index (κ2) is 6.13. The van der Waals surface area contributed by atoms with Gasteiger partial charge in [-0.25, -0.2) is 0 Å². The Morgan fingerprint density at radius 2 is 2.53 bits per heavy atom. The molecule has 84 valence electrons. The van der Waals surface area contributed by atoms with Crippen molar-refractivity contribution in [3.8, 4) is 0 Å². The third-order valence-corrected chi connectivity index (χ3v) is 1.84. The van der Waals surface area contributed by atoms with Crippen LogP contribution < -0.4 is 5.32 Å². The second-order valence-electron chi connectivity index (χ2n) is 3.01. The zero-order valence-corrected chi connectivity index (χ0v) is 8.90. The van der Waals surface area contributed by atoms with Crippen molar-refractivity contribution in [2.24, 2.45) is 0 Å². The zero-order valence-electron chi connectivity index (χ0n) is 8.90. The van der Waals surface area contributed by atoms with E-state index in [2.05, 4.69) is 15.5 Å². The van der Waals surface area contributed by atoms with Crippen LogP contribution in [0.3, 0.4) is 0 Å². The highest BCUT2D eigenvalue weighted by Crippen LogP contribution is 1.92. The van der Waals surface area contributed by atoms with Gasteiger partial charge in [0, 0.05) is 13.0 Å². The molecule has 1 N–H and O–H groups in total. The summed E-state index contributed by atoms with van der Waals surface area (Å²) in [6.45, 7) is 4.53. The number of ether oxygens (including phenoxy) is 1. The van der Waals surface area contributed by atoms with E-state index in [0.29, 0.717) is 25.5 Å². The molecule has 1 aromatic rings. The molecule has 1 heterocycles. The van der Waals surface area contributed by atoms with Crippen LogP contribution in [0.4, 0.5) is 0 Å². The molecule has 1 rings (SSSR count). The fourth-order valence-corrected chi connectivity index (χ4v) is 1.05. The van der Waals surface area contributed by atoms with E-state index in [1.54, 1.807) is 13.8 Å². The highest BCUT2D eigenvalue weighted by molar-refractivity contribution is 5.75. The third-order valence-electron chi connectivity index (χ3n) is 1.84. The van der Waals surface area contributed by atoms with Crippen LogP contribution in [0.1, 0.15) is 19.7 Å². The smallest absolute Gasteiger partial charge is 0.322 e. The largest absolute Gasteiger partial charge is 0.465 e. The molecule has 0 radical (unpaired) electrons. The molecule has 0 aliphatic heterocycles. The predicted molar refractivity (Wildman–Crippen MR) is 52.1 cm³/mol. The van der Waals surface area contributed by atoms with Crippen molar-refractivity contribution in [1.29, 1.82) is 0 Å². The van der Waals surface area contributed by atoms with Crippen LogP contribution in [0, 0.1) is 0 Å². The monoisotopic (exact) mass is 213 g/mol. The Labute approximate surface area is 88.0 Å². The van der Waals surface area contributed by atoms with E-state index in [0.717, 1.165) is 0 Å². The van der Waals surface area contributed by atoms with Crippen molar-refractivity contribution in [3.63, 3.8) is 0 Å². The van der Waals surface area contributed by atoms with Crippen molar-refractivity contribution < 1.29 is 14.1 Å². The van der Waals surface area contributed by atoms with E-state index in [9.17, 15) is 4.79 Å². The van der Waals surface area contributed by atoms with E-state index < -0.39 is 0 Å². The lowest BCUT2D eigenvalue weighted by atomic mass is 10.3. The van der Waals surface area contributed by atoms with Crippen LogP contribution >= 0.6 is 0 Å². The summed E-state index contributed by atoms with van der Waals surface area (Å²) < 4.78 is 9.64. The van der Waals surface area contributed by atoms with Crippen molar-refractivity contribution in [1.82, 2.24) is 15.5 Å². The van der Waals surface area contributed by atoms with Crippen molar-refractivity contribution in [3.05, 3.63) is 12.2 Å². The van der Waals surface area contributed by atoms with Gasteiger partial charge in [0.05, 0.1) is 6.61 Å². The summed E-state index contributed by atoms with van der Waals surface area (Å²) in [5.74, 6) is 0.307. The topological polar surface area (TPSA) is 77.2 Å². The van der Waals surface area contributed by atoms with Gasteiger partial charge in [-0.1, -0.05) is 5.16 Å². The zero-order chi connectivity index (χ0) is 11.1. The Morgan fingerprint density at radius 3 is 3.13 bits per heavy atom. The summed E-state index contributed by atoms with van der Waals surface area (Å²) in [7, 11) is 0. The molecule has 0 aliphatic carbocycles. The first-order chi connectivity index (χ1) is 7.24. The third kappa shape index (κ3) is 4.07. The molecule has 1 aromatic heterocycles. The van der Waals surface area contributed by atoms with E-state index in [4.69, 9.17) is 9.26 Å². The maximum absolute atomic E-state index is 11.2. The molecular formula is C9H15N3O3. The predicted octanol–water partition coefficient (Wildman–Crippen LogP) is 0.153. The molecule has 0 bridgehead atoms. The maximum Gasteiger partial charge on any atom is 0.322 e. The minimum absolute atomic E-state index is 0.247. The summed E-state index contributed by atoms with van der Waals surface area (Å²) >= 11 is 0. The second-order valence-corrected chi connectivity index (χ2v) is 3.01. The van der Waals surface area contributed by atoms with Gasteiger partial charge in [0.25, 0.3) is 0 Å². The summed E-state index contributed by atoms with van der Waals surface area (Å²) in [5, 5.41) is 6.48. The number of rotatable bonds is 6. The molecule has 0 saturated heterocycles. The fourth-order valence-electron chi connectivity index (χ4n) is 1.05. The lowest BCUT2D eigenvalue weighted by Crippen LogP contribution is -2.36. The highest BCUT2D eigenvalue weighted by atomic mass is 16.5. The normalized spacial score (nSPS) is 12.4. The molecule has 6 heteroatoms. The minimum Gasteiger partial charge on any atom is -0.465 e. The molecule has 0 aromatic carbocycles. The van der Waals surface area contributed by atoms with Crippen molar-refractivity contribution >= 4 is 5.97 Å². The standard InChI is InChI=1S/C9H15N3O3/c1-3-14-9(13)7(2)10-5-4-8-11-6-12-15-8/h6-7,10H,3-5H2,1-2H3. The lowest BCUT2D eigenvalue weighted by Gasteiger charge is -2.11. The Bertz CT molecular complexity index is 287. The van der Waals surface area contributed by atoms with Crippen LogP contribution in [0.15, 0.2) is 10.9 Å². The van der Waals surface area contributed by atoms with E-state index in [1.807, 2.05) is 0 Å². The number of nitrogens with zero attached hydrogens (tertiary/aromatic N) is 2. The van der Waals surface area contributed by atoms with Gasteiger partial charge in [-0.2, -0.15) is 4.98 Å². The summed E-state index contributed by atoms with van der Waals surface area (Å²) in [5.41, 5.74) is 0. The summed E-state index contributed by atoms with van der Waals surface area (Å²) in [6.07, 6.45) is 1.95. The van der Waals surface area contributed by atoms with Gasteiger partial charge in [-0.3, -0.25) is 4.79 Å². The van der Waals surface area contributed by atoms with Crippen molar-refractivity contribution in [2.45, 2.75) is 26.3 Å². The maximum atomic E-state index is 11.2. The molecule has 0 amide bonds. The Kier molecular flexibility index (Phi) is 4.76. The van der Waals surface area contributed by atoms with Crippen molar-refractivity contribution in [2.75, 3.05) is 13.2 Å². The molecule has 0 saturated carbocycles. The van der Waals surface area contributed by atoms with Crippen LogP contribution in [-0.2, 0) is 16.0 Å². The quantitative estimate of drug-likeness (QED) is 0.678. The Morgan fingerprint density at radius 1 is 1.73 bits per heavy atom. The Balaban J connectivity index is 2.17. The summed E-state index contributed by atoms with van der Waals surface area (Å²) in [4.78, 5) is 15.1. The van der Waals surface area contributed by atoms with Gasteiger partial charge in [0.2, 0.25) is 5.89 Å². The van der Waals surface area contributed by atoms with Crippen LogP contribution in [0.25, 0.3) is 0 Å². The number of hydrogen-bond acceptors (Lipinski definition) is 6. The highest BCUT2D eigenvalue weighted by Gasteiger charge is 2.12. The van der Waals surface area contributed by atoms with Gasteiger partial charge >= 0.3 is 5.97 Å². The number of nitrogens with one attached hydrogen (secondary N) is 1. The molecule has 1 atom stereocenters. The molecular weight excluding hydrogens is 198 g/mol. The lowest BCUT2D eigenvalue weighted by molar-refractivity contribution is -0.145.